The van der Waals surface area contributed by atoms with Gasteiger partial charge in [-0.25, -0.2) is 0 Å². The molecule has 60 valence electrons. The molecule has 0 atom stereocenters. The summed E-state index contributed by atoms with van der Waals surface area (Å²) in [6, 6.07) is 0. The van der Waals surface area contributed by atoms with Gasteiger partial charge in [-0.1, -0.05) is 34.8 Å². The lowest BCUT2D eigenvalue weighted by Gasteiger charge is -2.09. The molecule has 0 radical (unpaired) electrons. The third-order valence-electron chi connectivity index (χ3n) is 0.646. The number of hydrogen-bond donors (Lipinski definition) is 0. The molecular formula is C5H7Cl3O2. The fraction of sp³-hybridized carbons (Fsp3) is 0.800. The number of rotatable bonds is 4. The van der Waals surface area contributed by atoms with E-state index in [1.54, 1.807) is 0 Å². The van der Waals surface area contributed by atoms with E-state index in [-0.39, 0.29) is 6.61 Å². The van der Waals surface area contributed by atoms with Crippen LogP contribution in [0.3, 0.4) is 0 Å². The maximum atomic E-state index is 9.75. The van der Waals surface area contributed by atoms with Gasteiger partial charge >= 0.3 is 0 Å². The minimum Gasteiger partial charge on any atom is -0.377 e. The van der Waals surface area contributed by atoms with Crippen molar-refractivity contribution in [3.8, 4) is 0 Å². The summed E-state index contributed by atoms with van der Waals surface area (Å²) in [5.41, 5.74) is 0. The van der Waals surface area contributed by atoms with E-state index < -0.39 is 3.79 Å². The van der Waals surface area contributed by atoms with E-state index >= 15 is 0 Å². The molecule has 0 aromatic carbocycles. The van der Waals surface area contributed by atoms with Gasteiger partial charge in [-0.3, -0.25) is 0 Å². The highest BCUT2D eigenvalue weighted by molar-refractivity contribution is 6.67. The summed E-state index contributed by atoms with van der Waals surface area (Å²) in [5.74, 6) is 0. The highest BCUT2D eigenvalue weighted by Gasteiger charge is 2.18. The first-order valence-electron chi connectivity index (χ1n) is 2.64. The molecule has 0 rings (SSSR count). The molecule has 2 nitrogen and oxygen atoms in total. The molecule has 0 aliphatic rings. The lowest BCUT2D eigenvalue weighted by atomic mass is 10.5. The SMILES string of the molecule is O=CCCOCC(Cl)(Cl)Cl. The zero-order valence-electron chi connectivity index (χ0n) is 5.15. The molecule has 0 aliphatic heterocycles. The van der Waals surface area contributed by atoms with Gasteiger partial charge in [0, 0.05) is 6.42 Å². The molecule has 0 heterocycles. The second kappa shape index (κ2) is 5.19. The highest BCUT2D eigenvalue weighted by atomic mass is 35.6. The topological polar surface area (TPSA) is 26.3 Å². The standard InChI is InChI=1S/C5H7Cl3O2/c6-5(7,8)4-10-3-1-2-9/h2H,1,3-4H2. The molecule has 0 N–H and O–H groups in total. The van der Waals surface area contributed by atoms with Gasteiger partial charge in [0.25, 0.3) is 0 Å². The fourth-order valence-corrected chi connectivity index (χ4v) is 0.551. The van der Waals surface area contributed by atoms with Crippen LogP contribution in [0.25, 0.3) is 0 Å². The highest BCUT2D eigenvalue weighted by Crippen LogP contribution is 2.25. The van der Waals surface area contributed by atoms with Crippen LogP contribution in [-0.2, 0) is 9.53 Å². The van der Waals surface area contributed by atoms with Crippen LogP contribution in [0.4, 0.5) is 0 Å². The van der Waals surface area contributed by atoms with Crippen LogP contribution < -0.4 is 0 Å². The average Bonchev–Trinajstić information content (AvgIpc) is 1.78. The molecule has 0 saturated carbocycles. The summed E-state index contributed by atoms with van der Waals surface area (Å²) < 4.78 is 3.44. The maximum absolute atomic E-state index is 9.75. The molecule has 0 amide bonds. The van der Waals surface area contributed by atoms with E-state index in [1.165, 1.54) is 0 Å². The first-order valence-corrected chi connectivity index (χ1v) is 3.78. The Morgan fingerprint density at radius 3 is 2.40 bits per heavy atom. The number of alkyl halides is 3. The Morgan fingerprint density at radius 1 is 1.40 bits per heavy atom. The van der Waals surface area contributed by atoms with Gasteiger partial charge in [0.2, 0.25) is 3.79 Å². The second-order valence-electron chi connectivity index (χ2n) is 1.62. The predicted octanol–water partition coefficient (Wildman–Crippen LogP) is 1.96. The van der Waals surface area contributed by atoms with Gasteiger partial charge in [-0.15, -0.1) is 0 Å². The molecule has 0 spiro atoms. The molecule has 5 heteroatoms. The molecule has 0 unspecified atom stereocenters. The molecule has 10 heavy (non-hydrogen) atoms. The first kappa shape index (κ1) is 10.5. The Balaban J connectivity index is 3.12. The van der Waals surface area contributed by atoms with Gasteiger partial charge in [-0.05, 0) is 0 Å². The summed E-state index contributed by atoms with van der Waals surface area (Å²) in [6.07, 6.45) is 1.08. The lowest BCUT2D eigenvalue weighted by molar-refractivity contribution is -0.108. The van der Waals surface area contributed by atoms with Crippen LogP contribution in [-0.4, -0.2) is 23.3 Å². The Kier molecular flexibility index (Phi) is 5.45. The summed E-state index contributed by atoms with van der Waals surface area (Å²) in [4.78, 5) is 9.75. The minimum atomic E-state index is -1.37. The van der Waals surface area contributed by atoms with E-state index in [0.717, 1.165) is 6.29 Å². The van der Waals surface area contributed by atoms with Crippen molar-refractivity contribution in [3.63, 3.8) is 0 Å². The molecule has 0 bridgehead atoms. The molecular weight excluding hydrogens is 198 g/mol. The summed E-state index contributed by atoms with van der Waals surface area (Å²) in [7, 11) is 0. The van der Waals surface area contributed by atoms with Crippen molar-refractivity contribution in [1.82, 2.24) is 0 Å². The van der Waals surface area contributed by atoms with Crippen LogP contribution >= 0.6 is 34.8 Å². The van der Waals surface area contributed by atoms with Crippen LogP contribution in [0.15, 0.2) is 0 Å². The maximum Gasteiger partial charge on any atom is 0.213 e. The smallest absolute Gasteiger partial charge is 0.213 e. The van der Waals surface area contributed by atoms with Gasteiger partial charge in [0.05, 0.1) is 13.2 Å². The Morgan fingerprint density at radius 2 is 2.00 bits per heavy atom. The number of hydrogen-bond acceptors (Lipinski definition) is 2. The molecule has 0 aromatic heterocycles. The fourth-order valence-electron chi connectivity index (χ4n) is 0.319. The number of carbonyl (C=O) groups is 1. The van der Waals surface area contributed by atoms with Crippen molar-refractivity contribution >= 4 is 41.1 Å². The minimum absolute atomic E-state index is 0.0194. The zero-order valence-corrected chi connectivity index (χ0v) is 7.42. The predicted molar refractivity (Wildman–Crippen MR) is 41.8 cm³/mol. The van der Waals surface area contributed by atoms with Crippen LogP contribution in [0, 0.1) is 0 Å². The Bertz CT molecular complexity index is 99.6. The van der Waals surface area contributed by atoms with Gasteiger partial charge in [0.15, 0.2) is 0 Å². The van der Waals surface area contributed by atoms with E-state index in [1.807, 2.05) is 0 Å². The van der Waals surface area contributed by atoms with Crippen molar-refractivity contribution < 1.29 is 9.53 Å². The number of aldehydes is 1. The molecule has 0 saturated heterocycles. The van der Waals surface area contributed by atoms with Crippen molar-refractivity contribution in [1.29, 1.82) is 0 Å². The molecule has 0 aliphatic carbocycles. The summed E-state index contributed by atoms with van der Waals surface area (Å²) in [5, 5.41) is 0. The normalized spacial score (nSPS) is 11.5. The lowest BCUT2D eigenvalue weighted by Crippen LogP contribution is -2.13. The monoisotopic (exact) mass is 204 g/mol. The third kappa shape index (κ3) is 8.50. The molecule has 0 fully saturated rings. The van der Waals surface area contributed by atoms with Crippen LogP contribution in [0.2, 0.25) is 0 Å². The largest absolute Gasteiger partial charge is 0.377 e. The quantitative estimate of drug-likeness (QED) is 0.398. The first-order chi connectivity index (χ1) is 4.56. The van der Waals surface area contributed by atoms with Crippen molar-refractivity contribution in [2.75, 3.05) is 13.2 Å². The van der Waals surface area contributed by atoms with Gasteiger partial charge in [-0.2, -0.15) is 0 Å². The van der Waals surface area contributed by atoms with Gasteiger partial charge < -0.3 is 9.53 Å². The van der Waals surface area contributed by atoms with E-state index in [4.69, 9.17) is 39.5 Å². The van der Waals surface area contributed by atoms with Crippen LogP contribution in [0.5, 0.6) is 0 Å². The van der Waals surface area contributed by atoms with E-state index in [9.17, 15) is 4.79 Å². The van der Waals surface area contributed by atoms with E-state index in [2.05, 4.69) is 0 Å². The third-order valence-corrected chi connectivity index (χ3v) is 0.973. The second-order valence-corrected chi connectivity index (χ2v) is 4.14. The number of carbonyl (C=O) groups excluding carboxylic acids is 1. The number of ether oxygens (including phenoxy) is 1. The van der Waals surface area contributed by atoms with Crippen molar-refractivity contribution in [2.45, 2.75) is 10.2 Å². The Hall–Kier alpha value is 0.500. The summed E-state index contributed by atoms with van der Waals surface area (Å²) >= 11 is 16.0. The summed E-state index contributed by atoms with van der Waals surface area (Å²) in [6.45, 7) is 0.322. The number of halogens is 3. The zero-order chi connectivity index (χ0) is 8.04. The van der Waals surface area contributed by atoms with Crippen molar-refractivity contribution in [2.24, 2.45) is 0 Å². The van der Waals surface area contributed by atoms with Crippen molar-refractivity contribution in [3.05, 3.63) is 0 Å². The van der Waals surface area contributed by atoms with Crippen LogP contribution in [0.1, 0.15) is 6.42 Å². The molecule has 0 aromatic rings. The van der Waals surface area contributed by atoms with E-state index in [0.29, 0.717) is 13.0 Å². The Labute approximate surface area is 74.4 Å². The van der Waals surface area contributed by atoms with Gasteiger partial charge in [0.1, 0.15) is 6.29 Å². The average molecular weight is 205 g/mol.